The summed E-state index contributed by atoms with van der Waals surface area (Å²) in [4.78, 5) is 20.7. The van der Waals surface area contributed by atoms with Crippen LogP contribution < -0.4 is 14.4 Å². The van der Waals surface area contributed by atoms with Crippen LogP contribution in [0.15, 0.2) is 66.7 Å². The number of methoxy groups -OCH3 is 2. The number of fused-ring (bicyclic) bond motifs is 1. The van der Waals surface area contributed by atoms with Crippen LogP contribution in [0.25, 0.3) is 0 Å². The van der Waals surface area contributed by atoms with Crippen molar-refractivity contribution in [2.75, 3.05) is 45.3 Å². The first kappa shape index (κ1) is 26.1. The first-order chi connectivity index (χ1) is 18.5. The third-order valence-electron chi connectivity index (χ3n) is 8.10. The van der Waals surface area contributed by atoms with E-state index in [4.69, 9.17) is 9.47 Å². The molecule has 3 aromatic carbocycles. The molecule has 1 amide bonds. The van der Waals surface area contributed by atoms with Crippen molar-refractivity contribution in [3.05, 3.63) is 95.9 Å². The minimum Gasteiger partial charge on any atom is -0.493 e. The van der Waals surface area contributed by atoms with E-state index < -0.39 is 0 Å². The highest BCUT2D eigenvalue weighted by atomic mass is 16.5. The molecule has 1 unspecified atom stereocenters. The molecule has 0 bridgehead atoms. The average Bonchev–Trinajstić information content (AvgIpc) is 3.31. The highest BCUT2D eigenvalue weighted by molar-refractivity contribution is 6.00. The van der Waals surface area contributed by atoms with Gasteiger partial charge in [0.15, 0.2) is 11.5 Å². The first-order valence-electron chi connectivity index (χ1n) is 13.5. The van der Waals surface area contributed by atoms with Crippen LogP contribution in [0.1, 0.15) is 58.9 Å². The number of hydrogen-bond donors (Lipinski definition) is 0. The second kappa shape index (κ2) is 11.5. The number of carbonyl (C=O) groups excluding carboxylic acids is 1. The molecule has 2 heterocycles. The van der Waals surface area contributed by atoms with Crippen LogP contribution in [0.5, 0.6) is 11.5 Å². The number of hydrogen-bond acceptors (Lipinski definition) is 5. The number of carbonyl (C=O) groups is 1. The molecule has 2 aliphatic rings. The molecule has 6 heteroatoms. The van der Waals surface area contributed by atoms with Crippen molar-refractivity contribution in [1.29, 1.82) is 0 Å². The number of anilines is 1. The minimum atomic E-state index is -0.0800. The van der Waals surface area contributed by atoms with Gasteiger partial charge in [0.1, 0.15) is 0 Å². The molecule has 0 aliphatic carbocycles. The van der Waals surface area contributed by atoms with E-state index >= 15 is 0 Å². The van der Waals surface area contributed by atoms with E-state index in [2.05, 4.69) is 60.0 Å². The molecule has 0 saturated carbocycles. The van der Waals surface area contributed by atoms with Gasteiger partial charge in [-0.15, -0.1) is 0 Å². The van der Waals surface area contributed by atoms with E-state index in [0.29, 0.717) is 24.1 Å². The lowest BCUT2D eigenvalue weighted by molar-refractivity contribution is 0.0692. The predicted molar refractivity (Wildman–Crippen MR) is 152 cm³/mol. The van der Waals surface area contributed by atoms with Crippen LogP contribution in [0, 0.1) is 6.92 Å². The van der Waals surface area contributed by atoms with Crippen molar-refractivity contribution >= 4 is 11.6 Å². The van der Waals surface area contributed by atoms with Gasteiger partial charge in [0.05, 0.1) is 20.3 Å². The summed E-state index contributed by atoms with van der Waals surface area (Å²) in [5.41, 5.74) is 5.53. The normalized spacial score (nSPS) is 17.3. The summed E-state index contributed by atoms with van der Waals surface area (Å²) in [6.45, 7) is 10.9. The maximum atomic E-state index is 13.7. The van der Waals surface area contributed by atoms with Crippen molar-refractivity contribution in [2.45, 2.75) is 38.4 Å². The summed E-state index contributed by atoms with van der Waals surface area (Å²) in [6, 6.07) is 23.2. The van der Waals surface area contributed by atoms with E-state index in [0.717, 1.165) is 55.7 Å². The summed E-state index contributed by atoms with van der Waals surface area (Å²) >= 11 is 0. The van der Waals surface area contributed by atoms with E-state index in [9.17, 15) is 4.79 Å². The number of piperazine rings is 1. The molecule has 3 aromatic rings. The van der Waals surface area contributed by atoms with Gasteiger partial charge in [0, 0.05) is 55.6 Å². The summed E-state index contributed by atoms with van der Waals surface area (Å²) in [5, 5.41) is 0. The summed E-state index contributed by atoms with van der Waals surface area (Å²) in [6.07, 6.45) is 1.51. The fourth-order valence-corrected chi connectivity index (χ4v) is 5.93. The van der Waals surface area contributed by atoms with Gasteiger partial charge in [-0.25, -0.2) is 0 Å². The maximum Gasteiger partial charge on any atom is 0.255 e. The molecular formula is C32H38N3O3. The third kappa shape index (κ3) is 4.97. The van der Waals surface area contributed by atoms with Crippen molar-refractivity contribution < 1.29 is 14.3 Å². The Labute approximate surface area is 226 Å². The molecule has 0 N–H and O–H groups in total. The third-order valence-corrected chi connectivity index (χ3v) is 8.10. The Kier molecular flexibility index (Phi) is 7.89. The molecule has 6 nitrogen and oxygen atoms in total. The molecule has 5 rings (SSSR count). The smallest absolute Gasteiger partial charge is 0.255 e. The minimum absolute atomic E-state index is 0.0800. The molecular weight excluding hydrogens is 474 g/mol. The Bertz CT molecular complexity index is 1250. The van der Waals surface area contributed by atoms with E-state index in [1.807, 2.05) is 35.2 Å². The van der Waals surface area contributed by atoms with Crippen molar-refractivity contribution in [3.63, 3.8) is 0 Å². The van der Waals surface area contributed by atoms with Crippen LogP contribution in [-0.2, 0) is 6.54 Å². The van der Waals surface area contributed by atoms with E-state index in [-0.39, 0.29) is 11.9 Å². The average molecular weight is 513 g/mol. The lowest BCUT2D eigenvalue weighted by atomic mass is 10.00. The van der Waals surface area contributed by atoms with Crippen molar-refractivity contribution in [1.82, 2.24) is 9.80 Å². The molecule has 38 heavy (non-hydrogen) atoms. The fraction of sp³-hybridized carbons (Fsp3) is 0.375. The molecule has 1 radical (unpaired) electrons. The number of amides is 1. The van der Waals surface area contributed by atoms with Crippen molar-refractivity contribution in [2.24, 2.45) is 0 Å². The monoisotopic (exact) mass is 512 g/mol. The Morgan fingerprint density at radius 1 is 0.868 bits per heavy atom. The molecule has 1 saturated heterocycles. The zero-order valence-electron chi connectivity index (χ0n) is 22.7. The lowest BCUT2D eigenvalue weighted by Crippen LogP contribution is -2.47. The van der Waals surface area contributed by atoms with E-state index in [1.54, 1.807) is 14.2 Å². The van der Waals surface area contributed by atoms with Crippen LogP contribution in [0.4, 0.5) is 5.69 Å². The van der Waals surface area contributed by atoms with Crippen LogP contribution in [0.3, 0.4) is 0 Å². The van der Waals surface area contributed by atoms with E-state index in [1.165, 1.54) is 11.3 Å². The Morgan fingerprint density at radius 3 is 2.29 bits per heavy atom. The van der Waals surface area contributed by atoms with Gasteiger partial charge in [0.25, 0.3) is 5.91 Å². The van der Waals surface area contributed by atoms with Crippen LogP contribution >= 0.6 is 0 Å². The topological polar surface area (TPSA) is 45.3 Å². The maximum absolute atomic E-state index is 13.7. The quantitative estimate of drug-likeness (QED) is 0.357. The van der Waals surface area contributed by atoms with Crippen LogP contribution in [0.2, 0.25) is 0 Å². The largest absolute Gasteiger partial charge is 0.493 e. The molecule has 2 aliphatic heterocycles. The summed E-state index contributed by atoms with van der Waals surface area (Å²) in [7, 11) is 3.27. The highest BCUT2D eigenvalue weighted by Crippen LogP contribution is 2.40. The summed E-state index contributed by atoms with van der Waals surface area (Å²) in [5.74, 6) is 1.45. The molecule has 1 fully saturated rings. The van der Waals surface area contributed by atoms with Crippen LogP contribution in [-0.4, -0.2) is 56.1 Å². The molecule has 0 spiro atoms. The predicted octanol–water partition coefficient (Wildman–Crippen LogP) is 5.90. The van der Waals surface area contributed by atoms with Gasteiger partial charge in [-0.05, 0) is 48.7 Å². The van der Waals surface area contributed by atoms with Gasteiger partial charge in [-0.1, -0.05) is 55.8 Å². The molecule has 199 valence electrons. The SMILES string of the molecule is [CH2]CC[C@H](c1ccc(OC)c(OC)c1)N1Cc2c(cccc2N2CCN(C(C)c3ccccc3)CC2)C1=O. The summed E-state index contributed by atoms with van der Waals surface area (Å²) < 4.78 is 11.0. The Balaban J connectivity index is 1.35. The number of rotatable bonds is 9. The molecule has 2 atom stereocenters. The van der Waals surface area contributed by atoms with Crippen molar-refractivity contribution in [3.8, 4) is 11.5 Å². The van der Waals surface area contributed by atoms with Gasteiger partial charge < -0.3 is 19.3 Å². The number of ether oxygens (including phenoxy) is 2. The fourth-order valence-electron chi connectivity index (χ4n) is 5.93. The Morgan fingerprint density at radius 2 is 1.61 bits per heavy atom. The second-order valence-corrected chi connectivity index (χ2v) is 10.1. The standard InChI is InChI=1S/C32H38N3O3/c1-5-10-28(25-15-16-30(37-3)31(21-25)38-4)35-22-27-26(32(35)36)13-9-14-29(27)34-19-17-33(18-20-34)23(2)24-11-7-6-8-12-24/h6-9,11-16,21,23,28H,1,5,10,17-20,22H2,2-4H3/t23?,28-/m1/s1. The zero-order valence-corrected chi connectivity index (χ0v) is 22.7. The first-order valence-corrected chi connectivity index (χ1v) is 13.5. The zero-order chi connectivity index (χ0) is 26.6. The lowest BCUT2D eigenvalue weighted by Gasteiger charge is -2.40. The van der Waals surface area contributed by atoms with Gasteiger partial charge in [-0.3, -0.25) is 9.69 Å². The number of benzene rings is 3. The second-order valence-electron chi connectivity index (χ2n) is 10.1. The van der Waals surface area contributed by atoms with Gasteiger partial charge >= 0.3 is 0 Å². The molecule has 0 aromatic heterocycles. The van der Waals surface area contributed by atoms with Gasteiger partial charge in [0.2, 0.25) is 0 Å². The van der Waals surface area contributed by atoms with Gasteiger partial charge in [-0.2, -0.15) is 0 Å². The number of nitrogens with zero attached hydrogens (tertiary/aromatic N) is 3. The highest BCUT2D eigenvalue weighted by Gasteiger charge is 2.36. The Hall–Kier alpha value is -3.51.